The summed E-state index contributed by atoms with van der Waals surface area (Å²) in [5, 5.41) is 5.04. The van der Waals surface area contributed by atoms with Gasteiger partial charge in [0.2, 0.25) is 0 Å². The molecule has 0 aliphatic rings. The Morgan fingerprint density at radius 3 is 2.46 bits per heavy atom. The summed E-state index contributed by atoms with van der Waals surface area (Å²) in [6, 6.07) is 13.6. The van der Waals surface area contributed by atoms with Crippen LogP contribution in [0.4, 0.5) is 0 Å². The van der Waals surface area contributed by atoms with Gasteiger partial charge in [0.25, 0.3) is 5.56 Å². The number of ether oxygens (including phenoxy) is 3. The van der Waals surface area contributed by atoms with Gasteiger partial charge in [0.15, 0.2) is 11.5 Å². The fourth-order valence-corrected chi connectivity index (χ4v) is 3.82. The zero-order chi connectivity index (χ0) is 26.7. The van der Waals surface area contributed by atoms with Crippen molar-refractivity contribution in [2.75, 3.05) is 13.7 Å². The molecule has 4 aromatic rings. The average molecular weight is 525 g/mol. The molecule has 9 nitrogen and oxygen atoms in total. The Morgan fingerprint density at radius 2 is 1.78 bits per heavy atom. The van der Waals surface area contributed by atoms with E-state index in [0.29, 0.717) is 27.7 Å². The van der Waals surface area contributed by atoms with Gasteiger partial charge in [0.1, 0.15) is 30.6 Å². The van der Waals surface area contributed by atoms with E-state index in [9.17, 15) is 9.59 Å². The first-order chi connectivity index (χ1) is 17.7. The van der Waals surface area contributed by atoms with Crippen LogP contribution in [0, 0.1) is 5.92 Å². The van der Waals surface area contributed by atoms with Crippen LogP contribution in [0.3, 0.4) is 0 Å². The molecule has 10 heteroatoms. The molecule has 0 aliphatic carbocycles. The summed E-state index contributed by atoms with van der Waals surface area (Å²) in [4.78, 5) is 25.4. The maximum atomic E-state index is 13.3. The minimum Gasteiger partial charge on any atom is -0.493 e. The van der Waals surface area contributed by atoms with Crippen LogP contribution in [0.15, 0.2) is 65.8 Å². The van der Waals surface area contributed by atoms with E-state index in [1.165, 1.54) is 18.0 Å². The molecule has 0 unspecified atom stereocenters. The molecular weight excluding hydrogens is 496 g/mol. The minimum absolute atomic E-state index is 0.0267. The molecule has 0 spiro atoms. The molecule has 2 N–H and O–H groups in total. The summed E-state index contributed by atoms with van der Waals surface area (Å²) in [6.07, 6.45) is 2.74. The molecule has 0 saturated heterocycles. The van der Waals surface area contributed by atoms with Crippen molar-refractivity contribution in [2.24, 2.45) is 11.7 Å². The van der Waals surface area contributed by atoms with E-state index in [2.05, 4.69) is 5.10 Å². The minimum atomic E-state index is -0.691. The maximum Gasteiger partial charge on any atom is 0.323 e. The van der Waals surface area contributed by atoms with Gasteiger partial charge in [-0.05, 0) is 48.7 Å². The van der Waals surface area contributed by atoms with Crippen molar-refractivity contribution in [1.82, 2.24) is 14.2 Å². The van der Waals surface area contributed by atoms with Crippen molar-refractivity contribution in [2.45, 2.75) is 32.9 Å². The monoisotopic (exact) mass is 524 g/mol. The number of nitrogens with zero attached hydrogens (tertiary/aromatic N) is 3. The number of methoxy groups -OCH3 is 1. The Labute approximate surface area is 219 Å². The van der Waals surface area contributed by atoms with E-state index in [0.717, 1.165) is 11.1 Å². The Bertz CT molecular complexity index is 1460. The highest BCUT2D eigenvalue weighted by Gasteiger charge is 2.21. The SMILES string of the molecule is COc1cc(-n2cnn3cc(-c4ccc(Cl)cc4)cc3c2=O)ccc1OC[C@@H](C)OC(=O)[C@@H](N)C(C)C. The highest BCUT2D eigenvalue weighted by molar-refractivity contribution is 6.30. The number of carbonyl (C=O) groups excluding carboxylic acids is 1. The van der Waals surface area contributed by atoms with Crippen molar-refractivity contribution in [3.8, 4) is 28.3 Å². The number of fused-ring (bicyclic) bond motifs is 1. The van der Waals surface area contributed by atoms with Crippen molar-refractivity contribution in [3.05, 3.63) is 76.4 Å². The van der Waals surface area contributed by atoms with Gasteiger partial charge in [0, 0.05) is 22.8 Å². The van der Waals surface area contributed by atoms with Gasteiger partial charge < -0.3 is 19.9 Å². The Balaban J connectivity index is 1.54. The molecule has 2 heterocycles. The third kappa shape index (κ3) is 5.79. The number of hydrogen-bond acceptors (Lipinski definition) is 7. The fraction of sp³-hybridized carbons (Fsp3) is 0.296. The van der Waals surface area contributed by atoms with E-state index >= 15 is 0 Å². The van der Waals surface area contributed by atoms with Crippen molar-refractivity contribution >= 4 is 23.1 Å². The second-order valence-electron chi connectivity index (χ2n) is 9.04. The smallest absolute Gasteiger partial charge is 0.323 e. The van der Waals surface area contributed by atoms with Crippen LogP contribution in [0.1, 0.15) is 20.8 Å². The number of carbonyl (C=O) groups is 1. The standard InChI is InChI=1S/C27H29ClN4O5/c1-16(2)25(29)27(34)37-17(3)14-36-23-10-9-21(12-24(23)35-4)31-15-30-32-13-19(11-22(32)26(31)33)18-5-7-20(28)8-6-18/h5-13,15-17,25H,14,29H2,1-4H3/t17-,25+/m1/s1. The topological polar surface area (TPSA) is 110 Å². The van der Waals surface area contributed by atoms with E-state index in [1.54, 1.807) is 54.0 Å². The van der Waals surface area contributed by atoms with Gasteiger partial charge in [-0.3, -0.25) is 14.2 Å². The molecule has 194 valence electrons. The van der Waals surface area contributed by atoms with Crippen LogP contribution >= 0.6 is 11.6 Å². The summed E-state index contributed by atoms with van der Waals surface area (Å²) in [7, 11) is 1.51. The van der Waals surface area contributed by atoms with E-state index < -0.39 is 18.1 Å². The van der Waals surface area contributed by atoms with Crippen molar-refractivity contribution in [3.63, 3.8) is 0 Å². The van der Waals surface area contributed by atoms with Crippen LogP contribution in [0.25, 0.3) is 22.3 Å². The highest BCUT2D eigenvalue weighted by atomic mass is 35.5. The van der Waals surface area contributed by atoms with Gasteiger partial charge in [-0.15, -0.1) is 0 Å². The molecule has 2 aromatic carbocycles. The molecule has 2 aromatic heterocycles. The summed E-state index contributed by atoms with van der Waals surface area (Å²) in [5.74, 6) is 0.359. The first-order valence-corrected chi connectivity index (χ1v) is 12.2. The van der Waals surface area contributed by atoms with Gasteiger partial charge in [0.05, 0.1) is 12.8 Å². The molecule has 0 aliphatic heterocycles. The van der Waals surface area contributed by atoms with E-state index in [4.69, 9.17) is 31.5 Å². The van der Waals surface area contributed by atoms with Gasteiger partial charge in [-0.2, -0.15) is 5.10 Å². The number of hydrogen-bond donors (Lipinski definition) is 1. The predicted molar refractivity (Wildman–Crippen MR) is 142 cm³/mol. The molecule has 37 heavy (non-hydrogen) atoms. The number of esters is 1. The lowest BCUT2D eigenvalue weighted by molar-refractivity contribution is -0.152. The van der Waals surface area contributed by atoms with E-state index in [1.807, 2.05) is 26.0 Å². The van der Waals surface area contributed by atoms with Gasteiger partial charge >= 0.3 is 5.97 Å². The van der Waals surface area contributed by atoms with Crippen LogP contribution in [-0.4, -0.2) is 46.0 Å². The molecule has 0 saturated carbocycles. The normalized spacial score (nSPS) is 12.9. The van der Waals surface area contributed by atoms with Crippen LogP contribution in [0.5, 0.6) is 11.5 Å². The number of aromatic nitrogens is 3. The number of rotatable bonds is 9. The zero-order valence-corrected chi connectivity index (χ0v) is 21.8. The molecule has 2 atom stereocenters. The second-order valence-corrected chi connectivity index (χ2v) is 9.47. The Kier molecular flexibility index (Phi) is 7.85. The second kappa shape index (κ2) is 11.1. The Hall–Kier alpha value is -3.82. The highest BCUT2D eigenvalue weighted by Crippen LogP contribution is 2.30. The third-order valence-electron chi connectivity index (χ3n) is 5.91. The zero-order valence-electron chi connectivity index (χ0n) is 21.1. The summed E-state index contributed by atoms with van der Waals surface area (Å²) in [6.45, 7) is 5.54. The predicted octanol–water partition coefficient (Wildman–Crippen LogP) is 4.11. The number of benzene rings is 2. The molecule has 0 fully saturated rings. The lowest BCUT2D eigenvalue weighted by Crippen LogP contribution is -2.39. The third-order valence-corrected chi connectivity index (χ3v) is 6.17. The van der Waals surface area contributed by atoms with Crippen LogP contribution in [0.2, 0.25) is 5.02 Å². The molecule has 0 radical (unpaired) electrons. The average Bonchev–Trinajstić information content (AvgIpc) is 3.33. The summed E-state index contributed by atoms with van der Waals surface area (Å²) < 4.78 is 19.7. The number of halogens is 1. The summed E-state index contributed by atoms with van der Waals surface area (Å²) in [5.41, 5.74) is 8.35. The van der Waals surface area contributed by atoms with Crippen molar-refractivity contribution in [1.29, 1.82) is 0 Å². The quantitative estimate of drug-likeness (QED) is 0.328. The first-order valence-electron chi connectivity index (χ1n) is 11.8. The van der Waals surface area contributed by atoms with Crippen molar-refractivity contribution < 1.29 is 19.0 Å². The lowest BCUT2D eigenvalue weighted by Gasteiger charge is -2.20. The maximum absolute atomic E-state index is 13.3. The lowest BCUT2D eigenvalue weighted by atomic mass is 10.1. The molecular formula is C27H29ClN4O5. The molecule has 4 rings (SSSR count). The largest absolute Gasteiger partial charge is 0.493 e. The van der Waals surface area contributed by atoms with Gasteiger partial charge in [-0.1, -0.05) is 37.6 Å². The first kappa shape index (κ1) is 26.2. The van der Waals surface area contributed by atoms with Gasteiger partial charge in [-0.25, -0.2) is 4.52 Å². The molecule has 0 amide bonds. The van der Waals surface area contributed by atoms with E-state index in [-0.39, 0.29) is 18.1 Å². The van der Waals surface area contributed by atoms with Crippen LogP contribution < -0.4 is 20.8 Å². The molecule has 0 bridgehead atoms. The Morgan fingerprint density at radius 1 is 1.05 bits per heavy atom. The van der Waals surface area contributed by atoms with Crippen LogP contribution in [-0.2, 0) is 9.53 Å². The number of nitrogens with two attached hydrogens (primary N) is 1. The summed E-state index contributed by atoms with van der Waals surface area (Å²) >= 11 is 5.99. The fourth-order valence-electron chi connectivity index (χ4n) is 3.69.